The summed E-state index contributed by atoms with van der Waals surface area (Å²) in [6.45, 7) is 5.18. The van der Waals surface area contributed by atoms with Crippen molar-refractivity contribution in [2.24, 2.45) is 0 Å². The predicted molar refractivity (Wildman–Crippen MR) is 95.6 cm³/mol. The number of urea groups is 1. The first kappa shape index (κ1) is 17.7. The molecule has 2 aromatic rings. The van der Waals surface area contributed by atoms with E-state index in [9.17, 15) is 4.79 Å². The number of carbonyl (C=O) groups is 1. The molecule has 2 amide bonds. The molecule has 1 N–H and O–H groups in total. The summed E-state index contributed by atoms with van der Waals surface area (Å²) in [6.07, 6.45) is 2.68. The second-order valence-corrected chi connectivity index (χ2v) is 6.87. The zero-order chi connectivity index (χ0) is 17.8. The minimum absolute atomic E-state index is 0.0581. The van der Waals surface area contributed by atoms with E-state index in [4.69, 9.17) is 16.1 Å². The van der Waals surface area contributed by atoms with Crippen molar-refractivity contribution in [1.82, 2.24) is 20.4 Å². The van der Waals surface area contributed by atoms with Crippen molar-refractivity contribution >= 4 is 17.6 Å². The van der Waals surface area contributed by atoms with Gasteiger partial charge in [0.2, 0.25) is 5.89 Å². The number of amides is 2. The van der Waals surface area contributed by atoms with Crippen LogP contribution in [0.2, 0.25) is 5.02 Å². The molecule has 0 radical (unpaired) electrons. The topological polar surface area (TPSA) is 71.3 Å². The molecule has 2 atom stereocenters. The van der Waals surface area contributed by atoms with Gasteiger partial charge in [0.1, 0.15) is 0 Å². The Morgan fingerprint density at radius 2 is 2.36 bits per heavy atom. The molecule has 0 unspecified atom stereocenters. The third-order valence-electron chi connectivity index (χ3n) is 4.56. The first-order valence-electron chi connectivity index (χ1n) is 8.68. The van der Waals surface area contributed by atoms with E-state index in [1.807, 2.05) is 36.1 Å². The summed E-state index contributed by atoms with van der Waals surface area (Å²) in [5.41, 5.74) is 1.02. The Labute approximate surface area is 152 Å². The van der Waals surface area contributed by atoms with Gasteiger partial charge < -0.3 is 14.7 Å². The largest absolute Gasteiger partial charge is 0.339 e. The molecule has 1 aromatic heterocycles. The Hall–Kier alpha value is -2.08. The third-order valence-corrected chi connectivity index (χ3v) is 4.79. The highest BCUT2D eigenvalue weighted by Crippen LogP contribution is 2.26. The van der Waals surface area contributed by atoms with Gasteiger partial charge in [-0.05, 0) is 43.9 Å². The van der Waals surface area contributed by atoms with Crippen molar-refractivity contribution in [2.75, 3.05) is 13.1 Å². The average molecular weight is 363 g/mol. The number of carbonyl (C=O) groups excluding carboxylic acids is 1. The Balaban J connectivity index is 1.65. The molecular weight excluding hydrogens is 340 g/mol. The molecule has 1 saturated heterocycles. The minimum atomic E-state index is -0.0623. The van der Waals surface area contributed by atoms with E-state index >= 15 is 0 Å². The SMILES string of the molecule is CC[C@H](NC(=O)N1CCC[C@@H](c2nc(C)no2)C1)c1cccc(Cl)c1. The van der Waals surface area contributed by atoms with E-state index in [0.717, 1.165) is 31.4 Å². The second kappa shape index (κ2) is 7.87. The molecule has 1 aliphatic heterocycles. The summed E-state index contributed by atoms with van der Waals surface area (Å²) in [5, 5.41) is 7.65. The number of halogens is 1. The van der Waals surface area contributed by atoms with Gasteiger partial charge in [0.25, 0.3) is 0 Å². The van der Waals surface area contributed by atoms with Crippen LogP contribution in [0, 0.1) is 6.92 Å². The summed E-state index contributed by atoms with van der Waals surface area (Å²) in [6, 6.07) is 7.50. The summed E-state index contributed by atoms with van der Waals surface area (Å²) in [7, 11) is 0. The van der Waals surface area contributed by atoms with Crippen LogP contribution in [0.15, 0.2) is 28.8 Å². The van der Waals surface area contributed by atoms with Crippen LogP contribution in [-0.4, -0.2) is 34.2 Å². The summed E-state index contributed by atoms with van der Waals surface area (Å²) in [4.78, 5) is 18.9. The molecule has 1 aliphatic rings. The first-order valence-corrected chi connectivity index (χ1v) is 9.05. The normalized spacial score (nSPS) is 18.8. The fourth-order valence-corrected chi connectivity index (χ4v) is 3.43. The molecular formula is C18H23ClN4O2. The number of aromatic nitrogens is 2. The number of piperidine rings is 1. The Morgan fingerprint density at radius 1 is 1.52 bits per heavy atom. The molecule has 134 valence electrons. The van der Waals surface area contributed by atoms with Gasteiger partial charge in [0, 0.05) is 18.1 Å². The predicted octanol–water partition coefficient (Wildman–Crippen LogP) is 4.07. The van der Waals surface area contributed by atoms with Crippen molar-refractivity contribution < 1.29 is 9.32 Å². The highest BCUT2D eigenvalue weighted by Gasteiger charge is 2.29. The molecule has 1 fully saturated rings. The number of rotatable bonds is 4. The summed E-state index contributed by atoms with van der Waals surface area (Å²) >= 11 is 6.07. The van der Waals surface area contributed by atoms with Gasteiger partial charge in [-0.15, -0.1) is 0 Å². The number of benzene rings is 1. The van der Waals surface area contributed by atoms with Crippen LogP contribution in [0.5, 0.6) is 0 Å². The third kappa shape index (κ3) is 4.31. The lowest BCUT2D eigenvalue weighted by Gasteiger charge is -2.32. The quantitative estimate of drug-likeness (QED) is 0.889. The smallest absolute Gasteiger partial charge is 0.317 e. The van der Waals surface area contributed by atoms with Gasteiger partial charge in [-0.1, -0.05) is 35.8 Å². The van der Waals surface area contributed by atoms with Crippen molar-refractivity contribution in [3.05, 3.63) is 46.6 Å². The maximum atomic E-state index is 12.7. The van der Waals surface area contributed by atoms with E-state index in [2.05, 4.69) is 15.5 Å². The summed E-state index contributed by atoms with van der Waals surface area (Å²) < 4.78 is 5.28. The minimum Gasteiger partial charge on any atom is -0.339 e. The number of hydrogen-bond acceptors (Lipinski definition) is 4. The molecule has 0 aliphatic carbocycles. The van der Waals surface area contributed by atoms with Crippen LogP contribution in [-0.2, 0) is 0 Å². The van der Waals surface area contributed by atoms with Gasteiger partial charge in [-0.2, -0.15) is 4.98 Å². The number of nitrogens with zero attached hydrogens (tertiary/aromatic N) is 3. The zero-order valence-electron chi connectivity index (χ0n) is 14.5. The lowest BCUT2D eigenvalue weighted by Crippen LogP contribution is -2.46. The lowest BCUT2D eigenvalue weighted by atomic mass is 9.98. The molecule has 6 nitrogen and oxygen atoms in total. The monoisotopic (exact) mass is 362 g/mol. The van der Waals surface area contributed by atoms with Crippen LogP contribution in [0.4, 0.5) is 4.79 Å². The Bertz CT molecular complexity index is 733. The number of hydrogen-bond donors (Lipinski definition) is 1. The maximum absolute atomic E-state index is 12.7. The van der Waals surface area contributed by atoms with Crippen molar-refractivity contribution in [3.8, 4) is 0 Å². The maximum Gasteiger partial charge on any atom is 0.317 e. The zero-order valence-corrected chi connectivity index (χ0v) is 15.3. The van der Waals surface area contributed by atoms with Gasteiger partial charge >= 0.3 is 6.03 Å². The number of likely N-dealkylation sites (tertiary alicyclic amines) is 1. The highest BCUT2D eigenvalue weighted by molar-refractivity contribution is 6.30. The molecule has 0 spiro atoms. The van der Waals surface area contributed by atoms with Crippen molar-refractivity contribution in [1.29, 1.82) is 0 Å². The van der Waals surface area contributed by atoms with Gasteiger partial charge in [0.15, 0.2) is 5.82 Å². The molecule has 7 heteroatoms. The van der Waals surface area contributed by atoms with E-state index in [1.165, 1.54) is 0 Å². The summed E-state index contributed by atoms with van der Waals surface area (Å²) in [5.74, 6) is 1.35. The van der Waals surface area contributed by atoms with Crippen molar-refractivity contribution in [3.63, 3.8) is 0 Å². The molecule has 0 bridgehead atoms. The molecule has 0 saturated carbocycles. The van der Waals surface area contributed by atoms with Crippen LogP contribution in [0.3, 0.4) is 0 Å². The standard InChI is InChI=1S/C18H23ClN4O2/c1-3-16(13-6-4-8-15(19)10-13)21-18(24)23-9-5-7-14(11-23)17-20-12(2)22-25-17/h4,6,8,10,14,16H,3,5,7,9,11H2,1-2H3,(H,21,24)/t14-,16+/m1/s1. The molecule has 25 heavy (non-hydrogen) atoms. The molecule has 3 rings (SSSR count). The van der Waals surface area contributed by atoms with E-state index in [1.54, 1.807) is 6.92 Å². The Morgan fingerprint density at radius 3 is 3.04 bits per heavy atom. The van der Waals surface area contributed by atoms with Crippen LogP contribution in [0.25, 0.3) is 0 Å². The average Bonchev–Trinajstić information content (AvgIpc) is 3.06. The molecule has 1 aromatic carbocycles. The first-order chi connectivity index (χ1) is 12.1. The molecule has 2 heterocycles. The van der Waals surface area contributed by atoms with E-state index < -0.39 is 0 Å². The lowest BCUT2D eigenvalue weighted by molar-refractivity contribution is 0.168. The van der Waals surface area contributed by atoms with Gasteiger partial charge in [-0.25, -0.2) is 4.79 Å². The fraction of sp³-hybridized carbons (Fsp3) is 0.500. The highest BCUT2D eigenvalue weighted by atomic mass is 35.5. The van der Waals surface area contributed by atoms with E-state index in [-0.39, 0.29) is 18.0 Å². The van der Waals surface area contributed by atoms with Crippen molar-refractivity contribution in [2.45, 2.75) is 45.1 Å². The van der Waals surface area contributed by atoms with Crippen LogP contribution in [0.1, 0.15) is 55.4 Å². The van der Waals surface area contributed by atoms with E-state index in [0.29, 0.717) is 23.3 Å². The number of nitrogens with one attached hydrogen (secondary N) is 1. The number of aryl methyl sites for hydroxylation is 1. The Kier molecular flexibility index (Phi) is 5.58. The van der Waals surface area contributed by atoms with Crippen LogP contribution < -0.4 is 5.32 Å². The second-order valence-electron chi connectivity index (χ2n) is 6.43. The van der Waals surface area contributed by atoms with Crippen LogP contribution >= 0.6 is 11.6 Å². The van der Waals surface area contributed by atoms with Gasteiger partial charge in [-0.3, -0.25) is 0 Å². The van der Waals surface area contributed by atoms with Gasteiger partial charge in [0.05, 0.1) is 12.0 Å². The fourth-order valence-electron chi connectivity index (χ4n) is 3.23.